The Morgan fingerprint density at radius 1 is 1.56 bits per heavy atom. The van der Waals surface area contributed by atoms with Gasteiger partial charge in [-0.3, -0.25) is 10.1 Å². The summed E-state index contributed by atoms with van der Waals surface area (Å²) < 4.78 is 0. The molecule has 2 rings (SSSR count). The zero-order valence-electron chi connectivity index (χ0n) is 10.3. The predicted molar refractivity (Wildman–Crippen MR) is 71.2 cm³/mol. The maximum Gasteiger partial charge on any atom is 0.311 e. The lowest BCUT2D eigenvalue weighted by Gasteiger charge is -2.22. The van der Waals surface area contributed by atoms with Crippen LogP contribution in [0.3, 0.4) is 0 Å². The van der Waals surface area contributed by atoms with Crippen LogP contribution in [0.4, 0.5) is 11.5 Å². The number of rotatable bonds is 6. The fourth-order valence-corrected chi connectivity index (χ4v) is 2.09. The van der Waals surface area contributed by atoms with Gasteiger partial charge in [0.2, 0.25) is 5.82 Å². The first kappa shape index (κ1) is 13.1. The first-order chi connectivity index (χ1) is 8.63. The van der Waals surface area contributed by atoms with E-state index in [1.54, 1.807) is 0 Å². The van der Waals surface area contributed by atoms with Crippen molar-refractivity contribution in [2.75, 3.05) is 11.4 Å². The molecule has 0 atom stereocenters. The summed E-state index contributed by atoms with van der Waals surface area (Å²) in [6.07, 6.45) is 4.21. The zero-order valence-corrected chi connectivity index (χ0v) is 11.1. The molecule has 0 saturated heterocycles. The molecule has 1 aliphatic rings. The highest BCUT2D eigenvalue weighted by atomic mass is 35.5. The van der Waals surface area contributed by atoms with Crippen molar-refractivity contribution in [1.29, 1.82) is 0 Å². The molecule has 0 bridgehead atoms. The molecule has 1 saturated carbocycles. The van der Waals surface area contributed by atoms with Crippen molar-refractivity contribution in [2.24, 2.45) is 0 Å². The first-order valence-electron chi connectivity index (χ1n) is 6.21. The monoisotopic (exact) mass is 269 g/mol. The molecule has 0 aromatic carbocycles. The molecule has 0 unspecified atom stereocenters. The van der Waals surface area contributed by atoms with Crippen LogP contribution in [0.1, 0.15) is 32.6 Å². The van der Waals surface area contributed by atoms with Crippen LogP contribution in [-0.2, 0) is 0 Å². The minimum Gasteiger partial charge on any atom is -0.348 e. The molecule has 1 heterocycles. The van der Waals surface area contributed by atoms with Crippen molar-refractivity contribution in [2.45, 2.75) is 38.6 Å². The second kappa shape index (κ2) is 5.52. The quantitative estimate of drug-likeness (QED) is 0.451. The second-order valence-corrected chi connectivity index (χ2v) is 4.90. The van der Waals surface area contributed by atoms with Crippen LogP contribution in [0.25, 0.3) is 0 Å². The SMILES string of the molecule is CCCCN(c1nc(Cl)ccc1[N+](=O)[O-])C1CC1. The maximum atomic E-state index is 11.1. The number of hydrogen-bond donors (Lipinski definition) is 0. The Kier molecular flexibility index (Phi) is 4.01. The van der Waals surface area contributed by atoms with Crippen LogP contribution in [0.5, 0.6) is 0 Å². The van der Waals surface area contributed by atoms with E-state index in [0.717, 1.165) is 32.2 Å². The van der Waals surface area contributed by atoms with Crippen molar-refractivity contribution in [1.82, 2.24) is 4.98 Å². The van der Waals surface area contributed by atoms with Gasteiger partial charge in [-0.25, -0.2) is 4.98 Å². The van der Waals surface area contributed by atoms with Crippen molar-refractivity contribution in [3.05, 3.63) is 27.4 Å². The van der Waals surface area contributed by atoms with Gasteiger partial charge in [-0.1, -0.05) is 24.9 Å². The van der Waals surface area contributed by atoms with E-state index in [9.17, 15) is 10.1 Å². The lowest BCUT2D eigenvalue weighted by molar-refractivity contribution is -0.384. The smallest absolute Gasteiger partial charge is 0.311 e. The lowest BCUT2D eigenvalue weighted by Crippen LogP contribution is -2.28. The van der Waals surface area contributed by atoms with Crippen LogP contribution in [0.15, 0.2) is 12.1 Å². The van der Waals surface area contributed by atoms with Gasteiger partial charge in [-0.05, 0) is 25.3 Å². The molecule has 6 heteroatoms. The fraction of sp³-hybridized carbons (Fsp3) is 0.583. The van der Waals surface area contributed by atoms with Crippen LogP contribution >= 0.6 is 11.6 Å². The molecule has 0 radical (unpaired) electrons. The van der Waals surface area contributed by atoms with Gasteiger partial charge in [0.25, 0.3) is 0 Å². The van der Waals surface area contributed by atoms with E-state index < -0.39 is 0 Å². The average molecular weight is 270 g/mol. The number of hydrogen-bond acceptors (Lipinski definition) is 4. The summed E-state index contributed by atoms with van der Waals surface area (Å²) in [6.45, 7) is 2.90. The number of halogens is 1. The normalized spacial score (nSPS) is 14.6. The fourth-order valence-electron chi connectivity index (χ4n) is 1.95. The molecular formula is C12H16ClN3O2. The second-order valence-electron chi connectivity index (χ2n) is 4.51. The summed E-state index contributed by atoms with van der Waals surface area (Å²) in [7, 11) is 0. The standard InChI is InChI=1S/C12H16ClN3O2/c1-2-3-8-15(9-4-5-9)12-10(16(17)18)6-7-11(13)14-12/h6-7,9H,2-5,8H2,1H3. The molecule has 0 amide bonds. The van der Waals surface area contributed by atoms with Crippen molar-refractivity contribution in [3.63, 3.8) is 0 Å². The summed E-state index contributed by atoms with van der Waals surface area (Å²) in [6, 6.07) is 3.29. The Hall–Kier alpha value is -1.36. The summed E-state index contributed by atoms with van der Waals surface area (Å²) in [5, 5.41) is 11.4. The number of anilines is 1. The van der Waals surface area contributed by atoms with Gasteiger partial charge < -0.3 is 4.90 Å². The molecule has 98 valence electrons. The van der Waals surface area contributed by atoms with E-state index in [2.05, 4.69) is 11.9 Å². The van der Waals surface area contributed by atoms with Crippen LogP contribution in [0.2, 0.25) is 5.15 Å². The van der Waals surface area contributed by atoms with Gasteiger partial charge in [0.15, 0.2) is 0 Å². The minimum atomic E-state index is -0.389. The van der Waals surface area contributed by atoms with Gasteiger partial charge in [0.05, 0.1) is 4.92 Å². The third kappa shape index (κ3) is 2.90. The third-order valence-electron chi connectivity index (χ3n) is 3.03. The zero-order chi connectivity index (χ0) is 13.1. The van der Waals surface area contributed by atoms with Crippen LogP contribution in [0, 0.1) is 10.1 Å². The highest BCUT2D eigenvalue weighted by Gasteiger charge is 2.33. The Balaban J connectivity index is 2.32. The van der Waals surface area contributed by atoms with E-state index in [-0.39, 0.29) is 10.6 Å². The molecule has 0 spiro atoms. The molecule has 1 aromatic rings. The Morgan fingerprint density at radius 3 is 2.83 bits per heavy atom. The van der Waals surface area contributed by atoms with Crippen molar-refractivity contribution >= 4 is 23.1 Å². The van der Waals surface area contributed by atoms with Gasteiger partial charge in [0, 0.05) is 18.7 Å². The number of nitro groups is 1. The van der Waals surface area contributed by atoms with Gasteiger partial charge in [-0.15, -0.1) is 0 Å². The summed E-state index contributed by atoms with van der Waals surface area (Å²) >= 11 is 5.86. The van der Waals surface area contributed by atoms with E-state index in [4.69, 9.17) is 11.6 Å². The van der Waals surface area contributed by atoms with Gasteiger partial charge in [-0.2, -0.15) is 0 Å². The average Bonchev–Trinajstić information content (AvgIpc) is 3.13. The molecule has 0 N–H and O–H groups in total. The molecular weight excluding hydrogens is 254 g/mol. The number of pyridine rings is 1. The third-order valence-corrected chi connectivity index (χ3v) is 3.24. The highest BCUT2D eigenvalue weighted by molar-refractivity contribution is 6.29. The summed E-state index contributed by atoms with van der Waals surface area (Å²) in [5.74, 6) is 0.420. The number of nitrogens with zero attached hydrogens (tertiary/aromatic N) is 3. The van der Waals surface area contributed by atoms with Gasteiger partial charge >= 0.3 is 5.69 Å². The molecule has 1 aromatic heterocycles. The lowest BCUT2D eigenvalue weighted by atomic mass is 10.3. The van der Waals surface area contributed by atoms with E-state index >= 15 is 0 Å². The topological polar surface area (TPSA) is 59.3 Å². The Bertz CT molecular complexity index is 449. The number of aromatic nitrogens is 1. The molecule has 18 heavy (non-hydrogen) atoms. The van der Waals surface area contributed by atoms with Gasteiger partial charge in [0.1, 0.15) is 5.15 Å². The molecule has 1 fully saturated rings. The Morgan fingerprint density at radius 2 is 2.28 bits per heavy atom. The predicted octanol–water partition coefficient (Wildman–Crippen LogP) is 3.41. The maximum absolute atomic E-state index is 11.1. The van der Waals surface area contributed by atoms with Crippen molar-refractivity contribution in [3.8, 4) is 0 Å². The van der Waals surface area contributed by atoms with Crippen molar-refractivity contribution < 1.29 is 4.92 Å². The summed E-state index contributed by atoms with van der Waals surface area (Å²) in [5.41, 5.74) is 0.0439. The van der Waals surface area contributed by atoms with E-state index in [1.807, 2.05) is 4.90 Å². The molecule has 5 nitrogen and oxygen atoms in total. The molecule has 0 aliphatic heterocycles. The minimum absolute atomic E-state index is 0.0439. The molecule has 1 aliphatic carbocycles. The van der Waals surface area contributed by atoms with E-state index in [0.29, 0.717) is 17.0 Å². The summed E-state index contributed by atoms with van der Waals surface area (Å²) in [4.78, 5) is 16.9. The highest BCUT2D eigenvalue weighted by Crippen LogP contribution is 2.36. The largest absolute Gasteiger partial charge is 0.348 e. The van der Waals surface area contributed by atoms with Crippen LogP contribution in [-0.4, -0.2) is 22.5 Å². The van der Waals surface area contributed by atoms with Crippen LogP contribution < -0.4 is 4.90 Å². The number of unbranched alkanes of at least 4 members (excludes halogenated alkanes) is 1. The first-order valence-corrected chi connectivity index (χ1v) is 6.59. The van der Waals surface area contributed by atoms with E-state index in [1.165, 1.54) is 12.1 Å². The Labute approximate surface area is 111 Å².